The van der Waals surface area contributed by atoms with E-state index in [1.165, 1.54) is 12.1 Å². The van der Waals surface area contributed by atoms with E-state index in [2.05, 4.69) is 5.10 Å². The summed E-state index contributed by atoms with van der Waals surface area (Å²) in [4.78, 5) is 26.5. The van der Waals surface area contributed by atoms with Gasteiger partial charge in [-0.25, -0.2) is 13.1 Å². The highest BCUT2D eigenvalue weighted by Gasteiger charge is 2.30. The molecule has 2 aromatic carbocycles. The molecule has 12 heteroatoms. The van der Waals surface area contributed by atoms with Gasteiger partial charge in [0.05, 0.1) is 21.9 Å². The molecule has 0 spiro atoms. The minimum atomic E-state index is -4.61. The standard InChI is InChI=1S/C19H17F3N4O4S/c1-11(2)26-18(28)15-6-4-3-5-14(15)16(24-26)17(27)23-25-31(29,30)13-9-7-12(8-10-13)19(20,21)22/h3-11,25H,1-2H3,(H,23,27). The number of carbonyl (C=O) groups is 1. The Morgan fingerprint density at radius 3 is 2.16 bits per heavy atom. The number of nitrogens with zero attached hydrogens (tertiary/aromatic N) is 2. The number of aromatic nitrogens is 2. The first kappa shape index (κ1) is 22.4. The second kappa shape index (κ2) is 8.12. The molecule has 3 rings (SSSR count). The number of fused-ring (bicyclic) bond motifs is 1. The van der Waals surface area contributed by atoms with Crippen LogP contribution in [-0.2, 0) is 16.2 Å². The van der Waals surface area contributed by atoms with Crippen molar-refractivity contribution < 1.29 is 26.4 Å². The molecule has 1 aromatic heterocycles. The fraction of sp³-hybridized carbons (Fsp3) is 0.211. The van der Waals surface area contributed by atoms with Crippen molar-refractivity contribution in [2.75, 3.05) is 0 Å². The molecule has 3 aromatic rings. The largest absolute Gasteiger partial charge is 0.416 e. The lowest BCUT2D eigenvalue weighted by Gasteiger charge is -2.14. The number of halogens is 3. The predicted octanol–water partition coefficient (Wildman–Crippen LogP) is 2.62. The molecular formula is C19H17F3N4O4S. The molecule has 0 atom stereocenters. The van der Waals surface area contributed by atoms with Crippen LogP contribution in [0.3, 0.4) is 0 Å². The van der Waals surface area contributed by atoms with Crippen LogP contribution in [0.1, 0.15) is 35.9 Å². The maximum Gasteiger partial charge on any atom is 0.416 e. The molecule has 0 bridgehead atoms. The Morgan fingerprint density at radius 1 is 1.03 bits per heavy atom. The maximum atomic E-state index is 12.6. The van der Waals surface area contributed by atoms with Gasteiger partial charge in [0.15, 0.2) is 5.69 Å². The molecule has 0 aliphatic heterocycles. The fourth-order valence-electron chi connectivity index (χ4n) is 2.78. The highest BCUT2D eigenvalue weighted by molar-refractivity contribution is 7.89. The molecule has 1 heterocycles. The van der Waals surface area contributed by atoms with E-state index in [1.54, 1.807) is 26.0 Å². The van der Waals surface area contributed by atoms with Crippen molar-refractivity contribution in [3.63, 3.8) is 0 Å². The van der Waals surface area contributed by atoms with Gasteiger partial charge in [0.2, 0.25) is 0 Å². The number of hydrazine groups is 1. The van der Waals surface area contributed by atoms with E-state index in [4.69, 9.17) is 0 Å². The zero-order valence-corrected chi connectivity index (χ0v) is 17.1. The minimum Gasteiger partial charge on any atom is -0.272 e. The summed E-state index contributed by atoms with van der Waals surface area (Å²) in [6, 6.07) is 8.61. The number of amides is 1. The smallest absolute Gasteiger partial charge is 0.272 e. The van der Waals surface area contributed by atoms with Crippen molar-refractivity contribution in [2.24, 2.45) is 0 Å². The van der Waals surface area contributed by atoms with E-state index in [-0.39, 0.29) is 22.5 Å². The summed E-state index contributed by atoms with van der Waals surface area (Å²) in [5, 5.41) is 4.49. The summed E-state index contributed by atoms with van der Waals surface area (Å²) in [7, 11) is -4.36. The zero-order chi connectivity index (χ0) is 23.0. The monoisotopic (exact) mass is 454 g/mol. The molecule has 0 aliphatic rings. The fourth-order valence-corrected chi connectivity index (χ4v) is 3.62. The summed E-state index contributed by atoms with van der Waals surface area (Å²) in [6.45, 7) is 3.39. The summed E-state index contributed by atoms with van der Waals surface area (Å²) < 4.78 is 63.7. The molecule has 1 amide bonds. The lowest BCUT2D eigenvalue weighted by Crippen LogP contribution is -2.42. The van der Waals surface area contributed by atoms with E-state index in [0.717, 1.165) is 16.8 Å². The molecule has 2 N–H and O–H groups in total. The molecule has 8 nitrogen and oxygen atoms in total. The van der Waals surface area contributed by atoms with Crippen LogP contribution in [0.5, 0.6) is 0 Å². The van der Waals surface area contributed by atoms with Crippen LogP contribution in [0, 0.1) is 0 Å². The average molecular weight is 454 g/mol. The highest BCUT2D eigenvalue weighted by Crippen LogP contribution is 2.29. The molecule has 0 unspecified atom stereocenters. The number of hydrogen-bond donors (Lipinski definition) is 2. The number of alkyl halides is 3. The highest BCUT2D eigenvalue weighted by atomic mass is 32.2. The van der Waals surface area contributed by atoms with Gasteiger partial charge in [0.25, 0.3) is 21.5 Å². The van der Waals surface area contributed by atoms with Crippen molar-refractivity contribution in [3.05, 3.63) is 70.1 Å². The number of nitrogens with one attached hydrogen (secondary N) is 2. The summed E-state index contributed by atoms with van der Waals surface area (Å²) >= 11 is 0. The number of carbonyl (C=O) groups excluding carboxylic acids is 1. The van der Waals surface area contributed by atoms with Crippen LogP contribution < -0.4 is 15.8 Å². The topological polar surface area (TPSA) is 110 Å². The predicted molar refractivity (Wildman–Crippen MR) is 106 cm³/mol. The molecule has 0 radical (unpaired) electrons. The Hall–Kier alpha value is -3.25. The zero-order valence-electron chi connectivity index (χ0n) is 16.3. The maximum absolute atomic E-state index is 12.6. The first-order valence-electron chi connectivity index (χ1n) is 8.93. The van der Waals surface area contributed by atoms with Gasteiger partial charge < -0.3 is 0 Å². The summed E-state index contributed by atoms with van der Waals surface area (Å²) in [6.07, 6.45) is -4.61. The minimum absolute atomic E-state index is 0.195. The quantitative estimate of drug-likeness (QED) is 0.576. The van der Waals surface area contributed by atoms with Crippen LogP contribution in [0.25, 0.3) is 10.8 Å². The first-order valence-corrected chi connectivity index (χ1v) is 10.4. The van der Waals surface area contributed by atoms with Crippen molar-refractivity contribution in [1.29, 1.82) is 0 Å². The van der Waals surface area contributed by atoms with E-state index < -0.39 is 38.1 Å². The second-order valence-corrected chi connectivity index (χ2v) is 8.50. The van der Waals surface area contributed by atoms with Gasteiger partial charge in [0, 0.05) is 5.39 Å². The van der Waals surface area contributed by atoms with Crippen LogP contribution >= 0.6 is 0 Å². The lowest BCUT2D eigenvalue weighted by molar-refractivity contribution is -0.137. The molecule has 0 saturated heterocycles. The van der Waals surface area contributed by atoms with E-state index in [9.17, 15) is 31.2 Å². The molecule has 0 aliphatic carbocycles. The Kier molecular flexibility index (Phi) is 5.87. The summed E-state index contributed by atoms with van der Waals surface area (Å²) in [5.74, 6) is -0.943. The number of benzene rings is 2. The molecular weight excluding hydrogens is 437 g/mol. The Morgan fingerprint density at radius 2 is 1.61 bits per heavy atom. The van der Waals surface area contributed by atoms with Crippen LogP contribution in [0.4, 0.5) is 13.2 Å². The van der Waals surface area contributed by atoms with Crippen molar-refractivity contribution >= 4 is 26.7 Å². The first-order chi connectivity index (χ1) is 14.4. The van der Waals surface area contributed by atoms with Crippen LogP contribution in [0.15, 0.2) is 58.2 Å². The normalized spacial score (nSPS) is 12.3. The summed E-state index contributed by atoms with van der Waals surface area (Å²) in [5.41, 5.74) is 0.366. The molecule has 31 heavy (non-hydrogen) atoms. The van der Waals surface area contributed by atoms with Gasteiger partial charge >= 0.3 is 6.18 Å². The number of sulfonamides is 1. The van der Waals surface area contributed by atoms with Gasteiger partial charge in [-0.05, 0) is 44.2 Å². The van der Waals surface area contributed by atoms with Gasteiger partial charge in [-0.1, -0.05) is 18.2 Å². The van der Waals surface area contributed by atoms with Crippen molar-refractivity contribution in [2.45, 2.75) is 31.0 Å². The lowest BCUT2D eigenvalue weighted by atomic mass is 10.1. The SMILES string of the molecule is CC(C)n1nc(C(=O)NNS(=O)(=O)c2ccc(C(F)(F)F)cc2)c2ccccc2c1=O. The number of rotatable bonds is 5. The second-order valence-electron chi connectivity index (χ2n) is 6.82. The van der Waals surface area contributed by atoms with E-state index in [1.807, 2.05) is 10.3 Å². The number of hydrogen-bond acceptors (Lipinski definition) is 5. The molecule has 0 fully saturated rings. The molecule has 0 saturated carbocycles. The third-order valence-electron chi connectivity index (χ3n) is 4.32. The average Bonchev–Trinajstić information content (AvgIpc) is 2.72. The van der Waals surface area contributed by atoms with E-state index in [0.29, 0.717) is 12.1 Å². The van der Waals surface area contributed by atoms with Crippen LogP contribution in [0.2, 0.25) is 0 Å². The Bertz CT molecular complexity index is 1300. The van der Waals surface area contributed by atoms with Gasteiger partial charge in [0.1, 0.15) is 0 Å². The van der Waals surface area contributed by atoms with Crippen molar-refractivity contribution in [1.82, 2.24) is 20.0 Å². The third kappa shape index (κ3) is 4.59. The van der Waals surface area contributed by atoms with Gasteiger partial charge in [-0.15, -0.1) is 4.83 Å². The van der Waals surface area contributed by atoms with Crippen LogP contribution in [-0.4, -0.2) is 24.1 Å². The Labute approximate surface area is 174 Å². The molecule has 164 valence electrons. The Balaban J connectivity index is 1.89. The van der Waals surface area contributed by atoms with Crippen molar-refractivity contribution in [3.8, 4) is 0 Å². The van der Waals surface area contributed by atoms with Gasteiger partial charge in [-0.3, -0.25) is 15.0 Å². The third-order valence-corrected chi connectivity index (χ3v) is 5.59. The van der Waals surface area contributed by atoms with Gasteiger partial charge in [-0.2, -0.15) is 18.3 Å². The van der Waals surface area contributed by atoms with E-state index >= 15 is 0 Å².